The van der Waals surface area contributed by atoms with Gasteiger partial charge in [-0.15, -0.1) is 0 Å². The van der Waals surface area contributed by atoms with Crippen molar-refractivity contribution in [1.29, 1.82) is 0 Å². The number of carbonyl (C=O) groups is 1. The molecule has 1 amide bonds. The molecule has 1 aromatic rings. The zero-order valence-corrected chi connectivity index (χ0v) is 16.0. The van der Waals surface area contributed by atoms with Gasteiger partial charge >= 0.3 is 6.09 Å². The summed E-state index contributed by atoms with van der Waals surface area (Å²) in [5.41, 5.74) is 2.65. The summed E-state index contributed by atoms with van der Waals surface area (Å²) >= 11 is 4.65. The Balaban J connectivity index is 1.73. The summed E-state index contributed by atoms with van der Waals surface area (Å²) in [7, 11) is 1.42. The van der Waals surface area contributed by atoms with Crippen molar-refractivity contribution in [2.24, 2.45) is 0 Å². The van der Waals surface area contributed by atoms with Gasteiger partial charge in [-0.25, -0.2) is 19.1 Å². The van der Waals surface area contributed by atoms with Gasteiger partial charge in [0.2, 0.25) is 5.88 Å². The first kappa shape index (κ1) is 20.3. The number of nitrogens with one attached hydrogen (secondary N) is 2. The number of carbonyl (C=O) groups excluding carboxylic acids is 1. The predicted molar refractivity (Wildman–Crippen MR) is 101 cm³/mol. The Hall–Kier alpha value is -2.46. The summed E-state index contributed by atoms with van der Waals surface area (Å²) < 4.78 is 39.5. The van der Waals surface area contributed by atoms with Crippen LogP contribution >= 0.6 is 12.2 Å². The highest BCUT2D eigenvalue weighted by Gasteiger charge is 2.33. The van der Waals surface area contributed by atoms with Crippen molar-refractivity contribution in [2.45, 2.75) is 6.10 Å². The van der Waals surface area contributed by atoms with Gasteiger partial charge in [0.25, 0.3) is 0 Å². The molecule has 1 atom stereocenters. The first-order valence-corrected chi connectivity index (χ1v) is 9.04. The summed E-state index contributed by atoms with van der Waals surface area (Å²) in [6.07, 6.45) is -1.23. The molecule has 2 aliphatic rings. The standard InChI is InChI=1S/C17H20F2N4O4S/c1-25-15(10-28)20-8-12-9-23(17(24)27-12)11-6-13(18)16(14(19)7-11)22-3-2-21-26-5-4-22/h6-7,12,20-21H,2-5,8-9H2,1H3/t12-/m0/s1. The third-order valence-electron chi connectivity index (χ3n) is 4.34. The molecule has 0 radical (unpaired) electrons. The van der Waals surface area contributed by atoms with Crippen LogP contribution in [0, 0.1) is 11.6 Å². The Bertz CT molecular complexity index is 759. The molecule has 2 saturated heterocycles. The lowest BCUT2D eigenvalue weighted by atomic mass is 10.2. The van der Waals surface area contributed by atoms with Crippen LogP contribution in [0.25, 0.3) is 0 Å². The molecule has 8 nitrogen and oxygen atoms in total. The summed E-state index contributed by atoms with van der Waals surface area (Å²) in [6.45, 7) is 1.82. The monoisotopic (exact) mass is 414 g/mol. The number of ether oxygens (including phenoxy) is 2. The molecule has 0 saturated carbocycles. The Morgan fingerprint density at radius 1 is 1.43 bits per heavy atom. The van der Waals surface area contributed by atoms with E-state index in [2.05, 4.69) is 28.0 Å². The average molecular weight is 414 g/mol. The topological polar surface area (TPSA) is 75.3 Å². The van der Waals surface area contributed by atoms with Crippen molar-refractivity contribution < 1.29 is 27.9 Å². The Labute approximate surface area is 166 Å². The van der Waals surface area contributed by atoms with Crippen LogP contribution in [-0.4, -0.2) is 63.7 Å². The first-order chi connectivity index (χ1) is 13.5. The van der Waals surface area contributed by atoms with E-state index in [1.165, 1.54) is 12.0 Å². The third kappa shape index (κ3) is 4.50. The van der Waals surface area contributed by atoms with Crippen LogP contribution in [0.15, 0.2) is 18.0 Å². The lowest BCUT2D eigenvalue weighted by molar-refractivity contribution is 0.0589. The van der Waals surface area contributed by atoms with E-state index in [1.54, 1.807) is 4.90 Å². The van der Waals surface area contributed by atoms with Crippen molar-refractivity contribution in [2.75, 3.05) is 56.2 Å². The molecule has 0 aromatic heterocycles. The van der Waals surface area contributed by atoms with Crippen molar-refractivity contribution in [1.82, 2.24) is 10.8 Å². The van der Waals surface area contributed by atoms with Crippen molar-refractivity contribution in [3.05, 3.63) is 29.7 Å². The number of methoxy groups -OCH3 is 1. The van der Waals surface area contributed by atoms with Gasteiger partial charge in [0.05, 0.1) is 32.5 Å². The molecule has 0 bridgehead atoms. The molecular weight excluding hydrogens is 394 g/mol. The van der Waals surface area contributed by atoms with Crippen molar-refractivity contribution >= 4 is 34.7 Å². The van der Waals surface area contributed by atoms with Gasteiger partial charge in [-0.1, -0.05) is 0 Å². The van der Waals surface area contributed by atoms with Crippen LogP contribution in [0.1, 0.15) is 0 Å². The number of nitrogens with zero attached hydrogens (tertiary/aromatic N) is 2. The number of rotatable bonds is 6. The molecule has 0 aliphatic carbocycles. The minimum Gasteiger partial charge on any atom is -0.476 e. The highest BCUT2D eigenvalue weighted by atomic mass is 32.1. The van der Waals surface area contributed by atoms with Crippen LogP contribution in [0.5, 0.6) is 0 Å². The largest absolute Gasteiger partial charge is 0.476 e. The molecule has 2 N–H and O–H groups in total. The van der Waals surface area contributed by atoms with Crippen LogP contribution in [0.3, 0.4) is 0 Å². The lowest BCUT2D eigenvalue weighted by Gasteiger charge is -2.24. The molecule has 2 aliphatic heterocycles. The number of anilines is 2. The van der Waals surface area contributed by atoms with Crippen LogP contribution < -0.4 is 20.6 Å². The second-order valence-corrected chi connectivity index (χ2v) is 6.32. The molecule has 0 spiro atoms. The maximum absolute atomic E-state index is 14.7. The molecule has 28 heavy (non-hydrogen) atoms. The van der Waals surface area contributed by atoms with Crippen molar-refractivity contribution in [3.63, 3.8) is 0 Å². The van der Waals surface area contributed by atoms with Gasteiger partial charge in [0, 0.05) is 36.8 Å². The number of halogens is 2. The first-order valence-electron chi connectivity index (χ1n) is 8.63. The van der Waals surface area contributed by atoms with Gasteiger partial charge in [0.1, 0.15) is 11.8 Å². The highest BCUT2D eigenvalue weighted by molar-refractivity contribution is 7.78. The zero-order valence-electron chi connectivity index (χ0n) is 15.2. The number of benzene rings is 1. The number of hydrogen-bond acceptors (Lipinski definition) is 8. The molecule has 0 unspecified atom stereocenters. The van der Waals surface area contributed by atoms with Crippen molar-refractivity contribution in [3.8, 4) is 0 Å². The zero-order chi connectivity index (χ0) is 20.1. The summed E-state index contributed by atoms with van der Waals surface area (Å²) in [4.78, 5) is 20.0. The molecule has 3 rings (SSSR count). The fourth-order valence-corrected chi connectivity index (χ4v) is 3.18. The lowest BCUT2D eigenvalue weighted by Crippen LogP contribution is -2.32. The molecule has 2 fully saturated rings. The van der Waals surface area contributed by atoms with E-state index in [4.69, 9.17) is 14.3 Å². The predicted octanol–water partition coefficient (Wildman–Crippen LogP) is 1.31. The van der Waals surface area contributed by atoms with Gasteiger partial charge in [-0.05, 0) is 12.2 Å². The number of cyclic esters (lactones) is 1. The minimum absolute atomic E-state index is 0.0905. The van der Waals surface area contributed by atoms with Crippen LogP contribution in [0.2, 0.25) is 0 Å². The van der Waals surface area contributed by atoms with Gasteiger partial charge in [0.15, 0.2) is 11.6 Å². The molecule has 2 heterocycles. The van der Waals surface area contributed by atoms with E-state index in [0.29, 0.717) is 26.2 Å². The number of hydroxylamine groups is 1. The SMILES string of the molecule is COC(=C=S)NC[C@H]1CN(c2cc(F)c(N3CCNOCC3)c(F)c2)C(=O)O1. The maximum atomic E-state index is 14.7. The Morgan fingerprint density at radius 2 is 2.18 bits per heavy atom. The molecule has 1 aromatic carbocycles. The third-order valence-corrected chi connectivity index (χ3v) is 4.53. The molecule has 152 valence electrons. The second-order valence-electron chi connectivity index (χ2n) is 6.12. The minimum atomic E-state index is -0.753. The van der Waals surface area contributed by atoms with E-state index in [9.17, 15) is 13.6 Å². The smallest absolute Gasteiger partial charge is 0.414 e. The summed E-state index contributed by atoms with van der Waals surface area (Å²) in [5.74, 6) is -1.27. The quantitative estimate of drug-likeness (QED) is 0.533. The summed E-state index contributed by atoms with van der Waals surface area (Å²) in [5, 5.41) is 5.22. The van der Waals surface area contributed by atoms with E-state index in [0.717, 1.165) is 12.1 Å². The van der Waals surface area contributed by atoms with Crippen LogP contribution in [-0.2, 0) is 14.3 Å². The van der Waals surface area contributed by atoms with E-state index in [-0.39, 0.29) is 30.3 Å². The highest BCUT2D eigenvalue weighted by Crippen LogP contribution is 2.31. The van der Waals surface area contributed by atoms with Gasteiger partial charge in [-0.3, -0.25) is 9.74 Å². The fourth-order valence-electron chi connectivity index (χ4n) is 3.02. The van der Waals surface area contributed by atoms with E-state index < -0.39 is 23.8 Å². The Morgan fingerprint density at radius 3 is 2.86 bits per heavy atom. The number of thiocarbonyl (C=S) groups is 1. The Kier molecular flexibility index (Phi) is 6.63. The van der Waals surface area contributed by atoms with Gasteiger partial charge < -0.3 is 19.7 Å². The maximum Gasteiger partial charge on any atom is 0.414 e. The van der Waals surface area contributed by atoms with Crippen LogP contribution in [0.4, 0.5) is 25.0 Å². The second kappa shape index (κ2) is 9.16. The normalized spacial score (nSPS) is 19.7. The fraction of sp³-hybridized carbons (Fsp3) is 0.471. The van der Waals surface area contributed by atoms with E-state index >= 15 is 0 Å². The average Bonchev–Trinajstić information content (AvgIpc) is 2.86. The van der Waals surface area contributed by atoms with E-state index in [1.807, 2.05) is 0 Å². The molecular formula is C17H20F2N4O4S. The summed E-state index contributed by atoms with van der Waals surface area (Å²) in [6, 6.07) is 2.26. The number of amides is 1. The molecule has 11 heteroatoms. The number of hydrogen-bond donors (Lipinski definition) is 2. The van der Waals surface area contributed by atoms with Gasteiger partial charge in [-0.2, -0.15) is 0 Å².